The van der Waals surface area contributed by atoms with Gasteiger partial charge in [-0.15, -0.1) is 0 Å². The molecule has 0 fully saturated rings. The zero-order valence-electron chi connectivity index (χ0n) is 19.0. The van der Waals surface area contributed by atoms with Crippen LogP contribution in [0.1, 0.15) is 25.7 Å². The summed E-state index contributed by atoms with van der Waals surface area (Å²) in [5.74, 6) is -1.21. The Hall–Kier alpha value is -2.56. The van der Waals surface area contributed by atoms with Gasteiger partial charge in [0.15, 0.2) is 0 Å². The number of hydrogen-bond donors (Lipinski definition) is 2. The highest BCUT2D eigenvalue weighted by Crippen LogP contribution is 2.19. The molecule has 12 nitrogen and oxygen atoms in total. The second-order valence-corrected chi connectivity index (χ2v) is 16.9. The van der Waals surface area contributed by atoms with Gasteiger partial charge in [-0.25, -0.2) is 33.7 Å². The minimum absolute atomic E-state index is 0.0329. The maximum absolute atomic E-state index is 12.6. The molecule has 2 rings (SSSR count). The van der Waals surface area contributed by atoms with Crippen LogP contribution in [-0.4, -0.2) is 54.6 Å². The van der Waals surface area contributed by atoms with Crippen molar-refractivity contribution in [3.63, 3.8) is 0 Å². The lowest BCUT2D eigenvalue weighted by atomic mass is 10.2. The van der Waals surface area contributed by atoms with E-state index in [1.165, 1.54) is 58.8 Å². The third-order valence-electron chi connectivity index (χ3n) is 5.18. The van der Waals surface area contributed by atoms with Crippen LogP contribution >= 0.6 is 0 Å². The van der Waals surface area contributed by atoms with Gasteiger partial charge in [0, 0.05) is 0 Å². The SMILES string of the molecule is [N-]=[NH+]C(S(=O)(=O)CCCCCCS(=O)(=O)C([NH+]=[N-])S(=O)(=O)c1ccccc1)S(=O)(=O)c1ccccc1. The van der Waals surface area contributed by atoms with E-state index in [-0.39, 0.29) is 35.5 Å². The third kappa shape index (κ3) is 7.02. The van der Waals surface area contributed by atoms with E-state index in [0.29, 0.717) is 0 Å². The van der Waals surface area contributed by atoms with Gasteiger partial charge < -0.3 is 21.3 Å². The van der Waals surface area contributed by atoms with Gasteiger partial charge in [0.1, 0.15) is 0 Å². The van der Waals surface area contributed by atoms with Crippen molar-refractivity contribution in [1.29, 1.82) is 0 Å². The summed E-state index contributed by atoms with van der Waals surface area (Å²) in [6.45, 7) is 0. The molecular weight excluding hydrogens is 553 g/mol. The molecule has 36 heavy (non-hydrogen) atoms. The molecule has 0 bridgehead atoms. The van der Waals surface area contributed by atoms with E-state index in [1.807, 2.05) is 0 Å². The lowest BCUT2D eigenvalue weighted by Gasteiger charge is -2.13. The molecule has 2 N–H and O–H groups in total. The summed E-state index contributed by atoms with van der Waals surface area (Å²) in [6.07, 6.45) is 0.297. The Kier molecular flexibility index (Phi) is 9.99. The fraction of sp³-hybridized carbons (Fsp3) is 0.400. The third-order valence-corrected chi connectivity index (χ3v) is 14.9. The van der Waals surface area contributed by atoms with Gasteiger partial charge in [-0.1, -0.05) is 49.2 Å². The van der Waals surface area contributed by atoms with E-state index < -0.39 is 60.3 Å². The number of unbranched alkanes of at least 4 members (excludes halogenated alkanes) is 3. The number of benzene rings is 2. The van der Waals surface area contributed by atoms with E-state index in [0.717, 1.165) is 0 Å². The second kappa shape index (κ2) is 12.1. The maximum atomic E-state index is 12.6. The predicted octanol–water partition coefficient (Wildman–Crippen LogP) is -0.904. The van der Waals surface area contributed by atoms with Crippen molar-refractivity contribution in [3.8, 4) is 0 Å². The summed E-state index contributed by atoms with van der Waals surface area (Å²) in [4.78, 5) is -0.578. The Labute approximate surface area is 210 Å². The van der Waals surface area contributed by atoms with E-state index in [2.05, 4.69) is 0 Å². The summed E-state index contributed by atoms with van der Waals surface area (Å²) in [5, 5.41) is 2.71. The molecule has 0 aliphatic heterocycles. The molecule has 0 aliphatic carbocycles. The molecule has 16 heteroatoms. The Bertz CT molecular complexity index is 1360. The molecular formula is C20H26N4O8S4. The normalized spacial score (nSPS) is 14.6. The summed E-state index contributed by atoms with van der Waals surface area (Å²) in [6, 6.07) is 13.5. The standard InChI is InChI=1S/C20H26N4O8S4/c21-23-19(35(29,30)17-11-5-3-6-12-17)33(25,26)15-9-1-2-10-16-34(27,28)20(24-22)36(31,32)18-13-7-4-8-14-18/h3-8,11-14,19-20,23-24H,1-2,9-10,15-16H2. The number of hydrogen-bond acceptors (Lipinski definition) is 8. The molecule has 0 aliphatic rings. The van der Waals surface area contributed by atoms with Gasteiger partial charge in [0.25, 0.3) is 19.7 Å². The number of nitrogens with one attached hydrogen (secondary N) is 2. The summed E-state index contributed by atoms with van der Waals surface area (Å²) in [7, 11) is -17.6. The smallest absolute Gasteiger partial charge is 0.344 e. The topological polar surface area (TPSA) is 209 Å². The fourth-order valence-corrected chi connectivity index (χ4v) is 11.5. The first-order valence-corrected chi connectivity index (χ1v) is 17.1. The van der Waals surface area contributed by atoms with Gasteiger partial charge in [-0.05, 0) is 37.1 Å². The minimum atomic E-state index is -4.44. The van der Waals surface area contributed by atoms with Crippen LogP contribution in [0.3, 0.4) is 0 Å². The zero-order valence-corrected chi connectivity index (χ0v) is 22.2. The van der Waals surface area contributed by atoms with Gasteiger partial charge in [-0.3, -0.25) is 0 Å². The van der Waals surface area contributed by atoms with Crippen LogP contribution in [0.2, 0.25) is 0 Å². The summed E-state index contributed by atoms with van der Waals surface area (Å²) < 4.78 is 96.0. The molecule has 198 valence electrons. The molecule has 0 saturated carbocycles. The monoisotopic (exact) mass is 578 g/mol. The van der Waals surface area contributed by atoms with Crippen molar-refractivity contribution in [2.24, 2.45) is 0 Å². The Morgan fingerprint density at radius 3 is 1.11 bits per heavy atom. The van der Waals surface area contributed by atoms with Crippen LogP contribution in [0.15, 0.2) is 70.5 Å². The fourth-order valence-electron chi connectivity index (χ4n) is 3.33. The van der Waals surface area contributed by atoms with Crippen molar-refractivity contribution < 1.29 is 43.9 Å². The van der Waals surface area contributed by atoms with E-state index in [9.17, 15) is 44.7 Å². The first-order chi connectivity index (χ1) is 16.8. The molecule has 0 amide bonds. The molecule has 0 radical (unpaired) electrons. The lowest BCUT2D eigenvalue weighted by molar-refractivity contribution is -0.475. The zero-order chi connectivity index (χ0) is 27.0. The molecule has 2 aromatic carbocycles. The van der Waals surface area contributed by atoms with Crippen molar-refractivity contribution in [1.82, 2.24) is 0 Å². The molecule has 0 aromatic heterocycles. The van der Waals surface area contributed by atoms with Crippen LogP contribution in [-0.2, 0) is 39.3 Å². The summed E-state index contributed by atoms with van der Waals surface area (Å²) >= 11 is 0. The van der Waals surface area contributed by atoms with Crippen LogP contribution in [0.4, 0.5) is 0 Å². The Morgan fingerprint density at radius 1 is 0.528 bits per heavy atom. The molecule has 2 aromatic rings. The number of rotatable bonds is 15. The van der Waals surface area contributed by atoms with Crippen molar-refractivity contribution >= 4 is 39.3 Å². The van der Waals surface area contributed by atoms with Gasteiger partial charge in [-0.2, -0.15) is 0 Å². The highest BCUT2D eigenvalue weighted by atomic mass is 32.3. The number of nitrogens with zero attached hydrogens (tertiary/aromatic N) is 2. The minimum Gasteiger partial charge on any atom is -0.507 e. The highest BCUT2D eigenvalue weighted by molar-refractivity contribution is 8.09. The van der Waals surface area contributed by atoms with Crippen LogP contribution < -0.4 is 10.2 Å². The molecule has 0 spiro atoms. The Balaban J connectivity index is 1.95. The van der Waals surface area contributed by atoms with Crippen molar-refractivity contribution in [2.75, 3.05) is 11.5 Å². The van der Waals surface area contributed by atoms with Crippen LogP contribution in [0.25, 0.3) is 11.1 Å². The first kappa shape index (κ1) is 29.7. The average Bonchev–Trinajstić information content (AvgIpc) is 2.82. The van der Waals surface area contributed by atoms with Gasteiger partial charge in [0.05, 0.1) is 21.3 Å². The molecule has 0 heterocycles. The molecule has 2 unspecified atom stereocenters. The Morgan fingerprint density at radius 2 is 0.833 bits per heavy atom. The van der Waals surface area contributed by atoms with Crippen LogP contribution in [0.5, 0.6) is 0 Å². The maximum Gasteiger partial charge on any atom is 0.344 e. The van der Waals surface area contributed by atoms with Gasteiger partial charge in [0.2, 0.25) is 19.7 Å². The van der Waals surface area contributed by atoms with E-state index >= 15 is 0 Å². The van der Waals surface area contributed by atoms with Crippen molar-refractivity contribution in [2.45, 2.75) is 44.9 Å². The highest BCUT2D eigenvalue weighted by Gasteiger charge is 2.42. The van der Waals surface area contributed by atoms with E-state index in [4.69, 9.17) is 0 Å². The first-order valence-electron chi connectivity index (χ1n) is 10.6. The van der Waals surface area contributed by atoms with E-state index in [1.54, 1.807) is 12.1 Å². The lowest BCUT2D eigenvalue weighted by Crippen LogP contribution is -2.77. The predicted molar refractivity (Wildman–Crippen MR) is 130 cm³/mol. The quantitative estimate of drug-likeness (QED) is 0.199. The largest absolute Gasteiger partial charge is 0.507 e. The molecule has 0 saturated heterocycles. The van der Waals surface area contributed by atoms with Gasteiger partial charge >= 0.3 is 9.41 Å². The average molecular weight is 579 g/mol. The van der Waals surface area contributed by atoms with Crippen molar-refractivity contribution in [3.05, 3.63) is 71.7 Å². The van der Waals surface area contributed by atoms with Crippen LogP contribution in [0, 0.1) is 0 Å². The second-order valence-electron chi connectivity index (χ2n) is 7.79. The summed E-state index contributed by atoms with van der Waals surface area (Å²) in [5.41, 5.74) is 18.5. The molecule has 2 atom stereocenters. The number of sulfone groups is 4.